The fourth-order valence-corrected chi connectivity index (χ4v) is 1.53. The van der Waals surface area contributed by atoms with Crippen molar-refractivity contribution in [2.45, 2.75) is 18.9 Å². The molecule has 0 aliphatic heterocycles. The van der Waals surface area contributed by atoms with Crippen molar-refractivity contribution in [2.24, 2.45) is 5.73 Å². The molecule has 0 spiro atoms. The van der Waals surface area contributed by atoms with E-state index >= 15 is 0 Å². The number of nitrogens with two attached hydrogens (primary N) is 1. The van der Waals surface area contributed by atoms with Gasteiger partial charge in [-0.3, -0.25) is 0 Å². The monoisotopic (exact) mass is 239 g/mol. The van der Waals surface area contributed by atoms with E-state index in [1.54, 1.807) is 7.11 Å². The maximum absolute atomic E-state index is 8.84. The average Bonchev–Trinajstić information content (AvgIpc) is 2.35. The molecular weight excluding hydrogens is 218 g/mol. The van der Waals surface area contributed by atoms with Crippen molar-refractivity contribution in [1.82, 2.24) is 0 Å². The minimum Gasteiger partial charge on any atom is -0.493 e. The maximum atomic E-state index is 8.84. The van der Waals surface area contributed by atoms with Crippen molar-refractivity contribution in [1.29, 1.82) is 0 Å². The third-order valence-electron chi connectivity index (χ3n) is 2.49. The summed E-state index contributed by atoms with van der Waals surface area (Å²) in [6.45, 7) is 1.43. The smallest absolute Gasteiger partial charge is 0.119 e. The number of rotatable bonds is 8. The van der Waals surface area contributed by atoms with Gasteiger partial charge in [0.15, 0.2) is 0 Å². The van der Waals surface area contributed by atoms with Crippen molar-refractivity contribution >= 4 is 0 Å². The van der Waals surface area contributed by atoms with E-state index in [1.807, 2.05) is 24.3 Å². The number of methoxy groups -OCH3 is 1. The SMILES string of the molecule is COCCCOc1cccc(C(N)CCO)c1. The van der Waals surface area contributed by atoms with Crippen LogP contribution in [-0.2, 0) is 4.74 Å². The van der Waals surface area contributed by atoms with Gasteiger partial charge in [-0.1, -0.05) is 12.1 Å². The van der Waals surface area contributed by atoms with Crippen LogP contribution in [0.15, 0.2) is 24.3 Å². The van der Waals surface area contributed by atoms with Gasteiger partial charge >= 0.3 is 0 Å². The first-order chi connectivity index (χ1) is 8.27. The Hall–Kier alpha value is -1.10. The summed E-state index contributed by atoms with van der Waals surface area (Å²) in [7, 11) is 1.68. The van der Waals surface area contributed by atoms with Crippen molar-refractivity contribution in [2.75, 3.05) is 26.9 Å². The average molecular weight is 239 g/mol. The lowest BCUT2D eigenvalue weighted by Gasteiger charge is -2.12. The normalized spacial score (nSPS) is 12.4. The predicted octanol–water partition coefficient (Wildman–Crippen LogP) is 1.48. The molecule has 0 amide bonds. The minimum atomic E-state index is -0.137. The molecule has 0 saturated heterocycles. The predicted molar refractivity (Wildman–Crippen MR) is 67.1 cm³/mol. The van der Waals surface area contributed by atoms with Crippen LogP contribution in [0, 0.1) is 0 Å². The third kappa shape index (κ3) is 5.17. The summed E-state index contributed by atoms with van der Waals surface area (Å²) in [5.74, 6) is 0.812. The van der Waals surface area contributed by atoms with Gasteiger partial charge in [0, 0.05) is 32.8 Å². The van der Waals surface area contributed by atoms with Gasteiger partial charge in [0.1, 0.15) is 5.75 Å². The Morgan fingerprint density at radius 2 is 2.18 bits per heavy atom. The summed E-state index contributed by atoms with van der Waals surface area (Å²) in [5, 5.41) is 8.84. The second-order valence-corrected chi connectivity index (χ2v) is 3.89. The van der Waals surface area contributed by atoms with Crippen LogP contribution in [0.5, 0.6) is 5.75 Å². The molecule has 1 rings (SSSR count). The Kier molecular flexibility index (Phi) is 6.62. The van der Waals surface area contributed by atoms with E-state index in [4.69, 9.17) is 20.3 Å². The van der Waals surface area contributed by atoms with E-state index in [9.17, 15) is 0 Å². The molecule has 0 fully saturated rings. The zero-order valence-electron chi connectivity index (χ0n) is 10.3. The molecule has 0 aromatic heterocycles. The Morgan fingerprint density at radius 3 is 2.88 bits per heavy atom. The highest BCUT2D eigenvalue weighted by Crippen LogP contribution is 2.19. The molecule has 1 aromatic carbocycles. The molecule has 1 atom stereocenters. The lowest BCUT2D eigenvalue weighted by atomic mass is 10.1. The van der Waals surface area contributed by atoms with E-state index < -0.39 is 0 Å². The van der Waals surface area contributed by atoms with Gasteiger partial charge in [0.25, 0.3) is 0 Å². The molecule has 96 valence electrons. The molecule has 0 aliphatic carbocycles. The maximum Gasteiger partial charge on any atom is 0.119 e. The van der Waals surface area contributed by atoms with Gasteiger partial charge in [-0.15, -0.1) is 0 Å². The Bertz CT molecular complexity index is 317. The van der Waals surface area contributed by atoms with Crippen LogP contribution in [0.25, 0.3) is 0 Å². The molecule has 4 heteroatoms. The van der Waals surface area contributed by atoms with Gasteiger partial charge in [-0.05, 0) is 24.1 Å². The number of ether oxygens (including phenoxy) is 2. The lowest BCUT2D eigenvalue weighted by Crippen LogP contribution is -2.12. The Balaban J connectivity index is 2.47. The number of aliphatic hydroxyl groups excluding tert-OH is 1. The summed E-state index contributed by atoms with van der Waals surface area (Å²) < 4.78 is 10.5. The lowest BCUT2D eigenvalue weighted by molar-refractivity contribution is 0.172. The van der Waals surface area contributed by atoms with Gasteiger partial charge in [-0.2, -0.15) is 0 Å². The highest BCUT2D eigenvalue weighted by Gasteiger charge is 2.06. The van der Waals surface area contributed by atoms with Gasteiger partial charge in [0.2, 0.25) is 0 Å². The Morgan fingerprint density at radius 1 is 1.35 bits per heavy atom. The number of benzene rings is 1. The molecule has 1 unspecified atom stereocenters. The van der Waals surface area contributed by atoms with Crippen LogP contribution in [0.1, 0.15) is 24.4 Å². The highest BCUT2D eigenvalue weighted by molar-refractivity contribution is 5.30. The van der Waals surface area contributed by atoms with Crippen molar-refractivity contribution < 1.29 is 14.6 Å². The fourth-order valence-electron chi connectivity index (χ4n) is 1.53. The van der Waals surface area contributed by atoms with E-state index in [0.717, 1.165) is 17.7 Å². The first-order valence-corrected chi connectivity index (χ1v) is 5.86. The van der Waals surface area contributed by atoms with Crippen LogP contribution in [0.4, 0.5) is 0 Å². The molecule has 0 aliphatic rings. The number of aliphatic hydroxyl groups is 1. The van der Waals surface area contributed by atoms with Gasteiger partial charge < -0.3 is 20.3 Å². The number of hydrogen-bond acceptors (Lipinski definition) is 4. The first kappa shape index (κ1) is 14.0. The van der Waals surface area contributed by atoms with E-state index in [1.165, 1.54) is 0 Å². The van der Waals surface area contributed by atoms with E-state index in [2.05, 4.69) is 0 Å². The van der Waals surface area contributed by atoms with Crippen molar-refractivity contribution in [3.05, 3.63) is 29.8 Å². The summed E-state index contributed by atoms with van der Waals surface area (Å²) in [5.41, 5.74) is 6.90. The molecule has 4 nitrogen and oxygen atoms in total. The summed E-state index contributed by atoms with van der Waals surface area (Å²) in [6.07, 6.45) is 1.43. The zero-order chi connectivity index (χ0) is 12.5. The second kappa shape index (κ2) is 8.06. The molecule has 3 N–H and O–H groups in total. The molecule has 1 aromatic rings. The number of hydrogen-bond donors (Lipinski definition) is 2. The first-order valence-electron chi connectivity index (χ1n) is 5.86. The zero-order valence-corrected chi connectivity index (χ0v) is 10.3. The van der Waals surface area contributed by atoms with Crippen LogP contribution in [0.3, 0.4) is 0 Å². The summed E-state index contributed by atoms with van der Waals surface area (Å²) >= 11 is 0. The Labute approximate surface area is 102 Å². The van der Waals surface area contributed by atoms with Crippen LogP contribution in [0.2, 0.25) is 0 Å². The van der Waals surface area contributed by atoms with Crippen LogP contribution in [-0.4, -0.2) is 32.0 Å². The van der Waals surface area contributed by atoms with Crippen molar-refractivity contribution in [3.63, 3.8) is 0 Å². The third-order valence-corrected chi connectivity index (χ3v) is 2.49. The minimum absolute atomic E-state index is 0.0973. The molecule has 0 bridgehead atoms. The van der Waals surface area contributed by atoms with Crippen LogP contribution >= 0.6 is 0 Å². The quantitative estimate of drug-likeness (QED) is 0.674. The topological polar surface area (TPSA) is 64.7 Å². The standard InChI is InChI=1S/C13H21NO3/c1-16-8-3-9-17-12-5-2-4-11(10-12)13(14)6-7-15/h2,4-5,10,13,15H,3,6-9,14H2,1H3. The summed E-state index contributed by atoms with van der Waals surface area (Å²) in [6, 6.07) is 7.55. The second-order valence-electron chi connectivity index (χ2n) is 3.89. The molecule has 0 radical (unpaired) electrons. The van der Waals surface area contributed by atoms with Gasteiger partial charge in [-0.25, -0.2) is 0 Å². The van der Waals surface area contributed by atoms with Gasteiger partial charge in [0.05, 0.1) is 6.61 Å². The highest BCUT2D eigenvalue weighted by atomic mass is 16.5. The largest absolute Gasteiger partial charge is 0.493 e. The van der Waals surface area contributed by atoms with Crippen LogP contribution < -0.4 is 10.5 Å². The van der Waals surface area contributed by atoms with E-state index in [0.29, 0.717) is 19.6 Å². The van der Waals surface area contributed by atoms with E-state index in [-0.39, 0.29) is 12.6 Å². The summed E-state index contributed by atoms with van der Waals surface area (Å²) in [4.78, 5) is 0. The fraction of sp³-hybridized carbons (Fsp3) is 0.538. The molecule has 0 heterocycles. The van der Waals surface area contributed by atoms with Crippen molar-refractivity contribution in [3.8, 4) is 5.75 Å². The molecule has 0 saturated carbocycles. The molecular formula is C13H21NO3. The molecule has 17 heavy (non-hydrogen) atoms.